The van der Waals surface area contributed by atoms with Crippen LogP contribution in [0.1, 0.15) is 15.9 Å². The minimum atomic E-state index is -0.972. The van der Waals surface area contributed by atoms with E-state index in [-0.39, 0.29) is 5.56 Å². The molecule has 1 heterocycles. The molecule has 3 rings (SSSR count). The average Bonchev–Trinajstić information content (AvgIpc) is 2.49. The summed E-state index contributed by atoms with van der Waals surface area (Å²) in [4.78, 5) is 15.5. The molecular formula is C17H14N2O2. The van der Waals surface area contributed by atoms with Crippen molar-refractivity contribution in [2.75, 3.05) is 5.32 Å². The standard InChI is InChI=1S/C17H14N2O2/c1-11-6-8-12(9-7-11)19-16-14-5-3-2-4-13(14)15(10-18-16)17(20)21/h2-10H,1H3,(H,18,19)(H,20,21). The lowest BCUT2D eigenvalue weighted by molar-refractivity contribution is 0.0698. The van der Waals surface area contributed by atoms with Crippen molar-refractivity contribution in [3.05, 3.63) is 65.9 Å². The number of fused-ring (bicyclic) bond motifs is 1. The van der Waals surface area contributed by atoms with Crippen molar-refractivity contribution in [2.24, 2.45) is 0 Å². The number of aromatic carboxylic acids is 1. The highest BCUT2D eigenvalue weighted by atomic mass is 16.4. The third-order valence-electron chi connectivity index (χ3n) is 3.34. The molecule has 0 unspecified atom stereocenters. The minimum absolute atomic E-state index is 0.208. The normalized spacial score (nSPS) is 10.5. The van der Waals surface area contributed by atoms with E-state index in [0.717, 1.165) is 11.1 Å². The third-order valence-corrected chi connectivity index (χ3v) is 3.34. The van der Waals surface area contributed by atoms with E-state index in [4.69, 9.17) is 0 Å². The monoisotopic (exact) mass is 278 g/mol. The van der Waals surface area contributed by atoms with E-state index in [1.54, 1.807) is 6.07 Å². The minimum Gasteiger partial charge on any atom is -0.478 e. The fraction of sp³-hybridized carbons (Fsp3) is 0.0588. The Kier molecular flexibility index (Phi) is 3.28. The first kappa shape index (κ1) is 13.1. The van der Waals surface area contributed by atoms with Gasteiger partial charge in [-0.25, -0.2) is 9.78 Å². The van der Waals surface area contributed by atoms with Crippen molar-refractivity contribution in [1.29, 1.82) is 0 Å². The van der Waals surface area contributed by atoms with Crippen LogP contribution in [0.5, 0.6) is 0 Å². The Morgan fingerprint density at radius 1 is 1.05 bits per heavy atom. The molecule has 4 nitrogen and oxygen atoms in total. The molecule has 0 atom stereocenters. The first-order valence-electron chi connectivity index (χ1n) is 6.60. The van der Waals surface area contributed by atoms with Crippen LogP contribution in [0.2, 0.25) is 0 Å². The predicted molar refractivity (Wildman–Crippen MR) is 83.2 cm³/mol. The zero-order valence-corrected chi connectivity index (χ0v) is 11.5. The maximum absolute atomic E-state index is 11.3. The van der Waals surface area contributed by atoms with Crippen LogP contribution in [0.3, 0.4) is 0 Å². The van der Waals surface area contributed by atoms with Gasteiger partial charge in [-0.1, -0.05) is 42.0 Å². The number of benzene rings is 2. The van der Waals surface area contributed by atoms with Crippen molar-refractivity contribution < 1.29 is 9.90 Å². The van der Waals surface area contributed by atoms with Gasteiger partial charge in [0, 0.05) is 22.7 Å². The Hall–Kier alpha value is -2.88. The summed E-state index contributed by atoms with van der Waals surface area (Å²) in [6, 6.07) is 15.3. The van der Waals surface area contributed by atoms with Crippen LogP contribution < -0.4 is 5.32 Å². The molecule has 3 aromatic rings. The molecule has 0 aliphatic rings. The van der Waals surface area contributed by atoms with Crippen LogP contribution in [-0.2, 0) is 0 Å². The summed E-state index contributed by atoms with van der Waals surface area (Å²) in [6.07, 6.45) is 1.39. The SMILES string of the molecule is Cc1ccc(Nc2ncc(C(=O)O)c3ccccc23)cc1. The maximum atomic E-state index is 11.3. The van der Waals surface area contributed by atoms with Crippen LogP contribution in [0, 0.1) is 6.92 Å². The highest BCUT2D eigenvalue weighted by molar-refractivity contribution is 6.06. The second kappa shape index (κ2) is 5.25. The van der Waals surface area contributed by atoms with E-state index in [0.29, 0.717) is 11.2 Å². The van der Waals surface area contributed by atoms with Gasteiger partial charge in [-0.05, 0) is 19.1 Å². The smallest absolute Gasteiger partial charge is 0.337 e. The predicted octanol–water partition coefficient (Wildman–Crippen LogP) is 3.99. The molecule has 0 radical (unpaired) electrons. The molecule has 0 bridgehead atoms. The van der Waals surface area contributed by atoms with Gasteiger partial charge in [0.2, 0.25) is 0 Å². The number of hydrogen-bond acceptors (Lipinski definition) is 3. The molecular weight excluding hydrogens is 264 g/mol. The molecule has 21 heavy (non-hydrogen) atoms. The van der Waals surface area contributed by atoms with Gasteiger partial charge in [0.15, 0.2) is 0 Å². The van der Waals surface area contributed by atoms with Crippen molar-refractivity contribution in [3.63, 3.8) is 0 Å². The molecule has 2 N–H and O–H groups in total. The van der Waals surface area contributed by atoms with Crippen LogP contribution >= 0.6 is 0 Å². The Morgan fingerprint density at radius 3 is 2.38 bits per heavy atom. The van der Waals surface area contributed by atoms with Crippen molar-refractivity contribution in [3.8, 4) is 0 Å². The maximum Gasteiger partial charge on any atom is 0.337 e. The van der Waals surface area contributed by atoms with Crippen molar-refractivity contribution in [1.82, 2.24) is 4.98 Å². The van der Waals surface area contributed by atoms with Gasteiger partial charge in [-0.3, -0.25) is 0 Å². The number of aromatic nitrogens is 1. The van der Waals surface area contributed by atoms with E-state index in [9.17, 15) is 9.90 Å². The van der Waals surface area contributed by atoms with Gasteiger partial charge >= 0.3 is 5.97 Å². The number of rotatable bonds is 3. The number of carboxylic acids is 1. The van der Waals surface area contributed by atoms with E-state index in [1.165, 1.54) is 11.8 Å². The Morgan fingerprint density at radius 2 is 1.71 bits per heavy atom. The lowest BCUT2D eigenvalue weighted by Gasteiger charge is -2.10. The van der Waals surface area contributed by atoms with Gasteiger partial charge in [0.25, 0.3) is 0 Å². The van der Waals surface area contributed by atoms with Gasteiger partial charge in [-0.2, -0.15) is 0 Å². The molecule has 0 aliphatic heterocycles. The molecule has 0 aliphatic carbocycles. The molecule has 0 fully saturated rings. The quantitative estimate of drug-likeness (QED) is 0.760. The van der Waals surface area contributed by atoms with Crippen LogP contribution in [0.25, 0.3) is 10.8 Å². The second-order valence-electron chi connectivity index (χ2n) is 4.86. The third kappa shape index (κ3) is 2.56. The average molecular weight is 278 g/mol. The van der Waals surface area contributed by atoms with Gasteiger partial charge in [-0.15, -0.1) is 0 Å². The molecule has 4 heteroatoms. The molecule has 0 saturated heterocycles. The molecule has 0 saturated carbocycles. The highest BCUT2D eigenvalue weighted by Gasteiger charge is 2.12. The fourth-order valence-electron chi connectivity index (χ4n) is 2.24. The number of carboxylic acid groups (broad SMARTS) is 1. The largest absolute Gasteiger partial charge is 0.478 e. The first-order chi connectivity index (χ1) is 10.1. The van der Waals surface area contributed by atoms with Crippen LogP contribution in [-0.4, -0.2) is 16.1 Å². The van der Waals surface area contributed by atoms with Gasteiger partial charge in [0.05, 0.1) is 5.56 Å². The number of hydrogen-bond donors (Lipinski definition) is 2. The number of carbonyl (C=O) groups is 1. The summed E-state index contributed by atoms with van der Waals surface area (Å²) in [7, 11) is 0. The van der Waals surface area contributed by atoms with E-state index >= 15 is 0 Å². The van der Waals surface area contributed by atoms with Gasteiger partial charge < -0.3 is 10.4 Å². The molecule has 2 aromatic carbocycles. The Labute approximate surface area is 122 Å². The lowest BCUT2D eigenvalue weighted by Crippen LogP contribution is -2.02. The summed E-state index contributed by atoms with van der Waals surface area (Å²) >= 11 is 0. The molecule has 104 valence electrons. The van der Waals surface area contributed by atoms with Gasteiger partial charge in [0.1, 0.15) is 5.82 Å². The lowest BCUT2D eigenvalue weighted by atomic mass is 10.1. The number of nitrogens with zero attached hydrogens (tertiary/aromatic N) is 1. The summed E-state index contributed by atoms with van der Waals surface area (Å²) in [5, 5.41) is 13.9. The van der Waals surface area contributed by atoms with Crippen molar-refractivity contribution in [2.45, 2.75) is 6.92 Å². The first-order valence-corrected chi connectivity index (χ1v) is 6.60. The summed E-state index contributed by atoms with van der Waals surface area (Å²) < 4.78 is 0. The van der Waals surface area contributed by atoms with E-state index < -0.39 is 5.97 Å². The summed E-state index contributed by atoms with van der Waals surface area (Å²) in [5.74, 6) is -0.319. The van der Waals surface area contributed by atoms with Crippen molar-refractivity contribution >= 4 is 28.2 Å². The number of anilines is 2. The topological polar surface area (TPSA) is 62.2 Å². The number of pyridine rings is 1. The Bertz CT molecular complexity index is 811. The Balaban J connectivity index is 2.09. The zero-order chi connectivity index (χ0) is 14.8. The van der Waals surface area contributed by atoms with Crippen LogP contribution in [0.4, 0.5) is 11.5 Å². The zero-order valence-electron chi connectivity index (χ0n) is 11.5. The van der Waals surface area contributed by atoms with E-state index in [2.05, 4.69) is 10.3 Å². The molecule has 1 aromatic heterocycles. The summed E-state index contributed by atoms with van der Waals surface area (Å²) in [6.45, 7) is 2.03. The van der Waals surface area contributed by atoms with E-state index in [1.807, 2.05) is 49.4 Å². The fourth-order valence-corrected chi connectivity index (χ4v) is 2.24. The summed E-state index contributed by atoms with van der Waals surface area (Å²) in [5.41, 5.74) is 2.31. The highest BCUT2D eigenvalue weighted by Crippen LogP contribution is 2.27. The number of nitrogens with one attached hydrogen (secondary N) is 1. The second-order valence-corrected chi connectivity index (χ2v) is 4.86. The molecule has 0 amide bonds. The number of aryl methyl sites for hydroxylation is 1. The molecule has 0 spiro atoms. The van der Waals surface area contributed by atoms with Crippen LogP contribution in [0.15, 0.2) is 54.7 Å².